The Hall–Kier alpha value is -2.19. The van der Waals surface area contributed by atoms with Crippen molar-refractivity contribution in [3.05, 3.63) is 12.1 Å². The summed E-state index contributed by atoms with van der Waals surface area (Å²) in [5.74, 6) is 1.28. The van der Waals surface area contributed by atoms with Crippen molar-refractivity contribution in [1.29, 1.82) is 0 Å². The number of hydrogen-bond acceptors (Lipinski definition) is 6. The zero-order valence-electron chi connectivity index (χ0n) is 14.1. The second-order valence-electron chi connectivity index (χ2n) is 5.15. The molecule has 0 heterocycles. The van der Waals surface area contributed by atoms with Crippen LogP contribution < -0.4 is 24.8 Å². The van der Waals surface area contributed by atoms with Crippen LogP contribution in [0.25, 0.3) is 0 Å². The van der Waals surface area contributed by atoms with Crippen LogP contribution in [0.3, 0.4) is 0 Å². The summed E-state index contributed by atoms with van der Waals surface area (Å²) in [5, 5.41) is 15.1. The lowest BCUT2D eigenvalue weighted by Gasteiger charge is -2.22. The van der Waals surface area contributed by atoms with Crippen molar-refractivity contribution in [3.63, 3.8) is 0 Å². The van der Waals surface area contributed by atoms with Crippen LogP contribution in [-0.4, -0.2) is 58.3 Å². The van der Waals surface area contributed by atoms with Crippen LogP contribution in [0.2, 0.25) is 0 Å². The largest absolute Gasteiger partial charge is 0.493 e. The molecule has 0 bridgehead atoms. The van der Waals surface area contributed by atoms with Gasteiger partial charge < -0.3 is 34.7 Å². The minimum absolute atomic E-state index is 0.0388. The van der Waals surface area contributed by atoms with Gasteiger partial charge in [0.05, 0.1) is 40.2 Å². The van der Waals surface area contributed by atoms with E-state index in [0.29, 0.717) is 22.9 Å². The maximum atomic E-state index is 11.9. The van der Waals surface area contributed by atoms with Crippen LogP contribution in [0.5, 0.6) is 17.2 Å². The Morgan fingerprint density at radius 3 is 2.13 bits per heavy atom. The first-order valence-electron chi connectivity index (χ1n) is 6.93. The lowest BCUT2D eigenvalue weighted by molar-refractivity contribution is -0.0133. The van der Waals surface area contributed by atoms with Crippen LogP contribution >= 0.6 is 0 Å². The van der Waals surface area contributed by atoms with E-state index in [-0.39, 0.29) is 13.2 Å². The smallest absolute Gasteiger partial charge is 0.319 e. The summed E-state index contributed by atoms with van der Waals surface area (Å²) >= 11 is 0. The van der Waals surface area contributed by atoms with Gasteiger partial charge in [-0.25, -0.2) is 4.79 Å². The molecule has 0 aliphatic rings. The topological polar surface area (TPSA) is 98.3 Å². The maximum Gasteiger partial charge on any atom is 0.319 e. The van der Waals surface area contributed by atoms with E-state index >= 15 is 0 Å². The fourth-order valence-electron chi connectivity index (χ4n) is 1.96. The Morgan fingerprint density at radius 2 is 1.70 bits per heavy atom. The first-order chi connectivity index (χ1) is 10.9. The molecule has 8 heteroatoms. The molecule has 0 aliphatic carbocycles. The molecule has 3 N–H and O–H groups in total. The molecule has 2 amide bonds. The highest BCUT2D eigenvalue weighted by Crippen LogP contribution is 2.39. The van der Waals surface area contributed by atoms with Gasteiger partial charge in [-0.05, 0) is 6.92 Å². The van der Waals surface area contributed by atoms with E-state index in [0.717, 1.165) is 0 Å². The average Bonchev–Trinajstić information content (AvgIpc) is 2.52. The van der Waals surface area contributed by atoms with E-state index in [1.807, 2.05) is 0 Å². The van der Waals surface area contributed by atoms with E-state index in [4.69, 9.17) is 18.9 Å². The molecule has 0 aromatic heterocycles. The molecule has 0 aliphatic heterocycles. The number of carbonyl (C=O) groups excluding carboxylic acids is 1. The minimum atomic E-state index is -1.15. The predicted molar refractivity (Wildman–Crippen MR) is 85.6 cm³/mol. The summed E-state index contributed by atoms with van der Waals surface area (Å²) in [5.41, 5.74) is -0.690. The van der Waals surface area contributed by atoms with Gasteiger partial charge in [0.1, 0.15) is 5.60 Å². The number of aliphatic hydroxyl groups is 1. The van der Waals surface area contributed by atoms with Crippen LogP contribution in [-0.2, 0) is 4.74 Å². The van der Waals surface area contributed by atoms with E-state index in [1.54, 1.807) is 19.1 Å². The van der Waals surface area contributed by atoms with Gasteiger partial charge in [0.2, 0.25) is 5.75 Å². The van der Waals surface area contributed by atoms with E-state index < -0.39 is 11.6 Å². The molecule has 8 nitrogen and oxygen atoms in total. The standard InChI is InChI=1S/C15H24N2O6/c1-15(19,9-20-2)8-16-14(18)17-10-6-11(21-3)13(23-5)12(7-10)22-4/h6-7,19H,8-9H2,1-5H3,(H2,16,17,18). The molecule has 0 spiro atoms. The molecule has 130 valence electrons. The van der Waals surface area contributed by atoms with Crippen LogP contribution in [0.15, 0.2) is 12.1 Å². The average molecular weight is 328 g/mol. The van der Waals surface area contributed by atoms with Crippen molar-refractivity contribution in [1.82, 2.24) is 5.32 Å². The number of methoxy groups -OCH3 is 4. The molecular formula is C15H24N2O6. The second-order valence-corrected chi connectivity index (χ2v) is 5.15. The first-order valence-corrected chi connectivity index (χ1v) is 6.93. The molecule has 0 saturated carbocycles. The Bertz CT molecular complexity index is 508. The molecule has 0 saturated heterocycles. The number of rotatable bonds is 8. The molecule has 1 atom stereocenters. The number of urea groups is 1. The number of benzene rings is 1. The number of anilines is 1. The zero-order chi connectivity index (χ0) is 17.5. The van der Waals surface area contributed by atoms with Crippen LogP contribution in [0.1, 0.15) is 6.92 Å². The molecular weight excluding hydrogens is 304 g/mol. The first kappa shape index (κ1) is 18.9. The summed E-state index contributed by atoms with van der Waals surface area (Å²) in [7, 11) is 5.95. The van der Waals surface area contributed by atoms with Gasteiger partial charge in [-0.3, -0.25) is 0 Å². The Kier molecular flexibility index (Phi) is 6.92. The molecule has 1 aromatic carbocycles. The number of carbonyl (C=O) groups is 1. The molecule has 23 heavy (non-hydrogen) atoms. The fourth-order valence-corrected chi connectivity index (χ4v) is 1.96. The summed E-state index contributed by atoms with van der Waals surface area (Å²) in [6, 6.07) is 2.73. The second kappa shape index (κ2) is 8.44. The third-order valence-electron chi connectivity index (χ3n) is 3.01. The third kappa shape index (κ3) is 5.50. The van der Waals surface area contributed by atoms with Crippen molar-refractivity contribution >= 4 is 11.7 Å². The summed E-state index contributed by atoms with van der Waals surface area (Å²) < 4.78 is 20.5. The van der Waals surface area contributed by atoms with Gasteiger partial charge in [-0.2, -0.15) is 0 Å². The maximum absolute atomic E-state index is 11.9. The number of ether oxygens (including phenoxy) is 4. The Balaban J connectivity index is 2.78. The SMILES string of the molecule is COCC(C)(O)CNC(=O)Nc1cc(OC)c(OC)c(OC)c1. The monoisotopic (exact) mass is 328 g/mol. The van der Waals surface area contributed by atoms with Crippen molar-refractivity contribution in [2.24, 2.45) is 0 Å². The Morgan fingerprint density at radius 1 is 1.13 bits per heavy atom. The zero-order valence-corrected chi connectivity index (χ0v) is 14.1. The quantitative estimate of drug-likeness (QED) is 0.664. The van der Waals surface area contributed by atoms with E-state index in [1.165, 1.54) is 28.4 Å². The molecule has 0 radical (unpaired) electrons. The van der Waals surface area contributed by atoms with E-state index in [2.05, 4.69) is 10.6 Å². The van der Waals surface area contributed by atoms with E-state index in [9.17, 15) is 9.90 Å². The summed E-state index contributed by atoms with van der Waals surface area (Å²) in [6.07, 6.45) is 0. The van der Waals surface area contributed by atoms with Crippen LogP contribution in [0.4, 0.5) is 10.5 Å². The molecule has 1 unspecified atom stereocenters. The molecule has 1 aromatic rings. The van der Waals surface area contributed by atoms with Crippen molar-refractivity contribution < 1.29 is 28.8 Å². The summed E-state index contributed by atoms with van der Waals surface area (Å²) in [6.45, 7) is 1.71. The van der Waals surface area contributed by atoms with Gasteiger partial charge in [-0.15, -0.1) is 0 Å². The van der Waals surface area contributed by atoms with Crippen molar-refractivity contribution in [2.45, 2.75) is 12.5 Å². The number of hydrogen-bond donors (Lipinski definition) is 3. The lowest BCUT2D eigenvalue weighted by atomic mass is 10.1. The third-order valence-corrected chi connectivity index (χ3v) is 3.01. The van der Waals surface area contributed by atoms with Crippen molar-refractivity contribution in [2.75, 3.05) is 46.9 Å². The fraction of sp³-hybridized carbons (Fsp3) is 0.533. The highest BCUT2D eigenvalue weighted by molar-refractivity contribution is 5.90. The van der Waals surface area contributed by atoms with Gasteiger partial charge in [0.25, 0.3) is 0 Å². The van der Waals surface area contributed by atoms with Gasteiger partial charge in [0.15, 0.2) is 11.5 Å². The lowest BCUT2D eigenvalue weighted by Crippen LogP contribution is -2.45. The number of nitrogens with one attached hydrogen (secondary N) is 2. The Labute approximate surface area is 135 Å². The predicted octanol–water partition coefficient (Wildman–Crippen LogP) is 1.23. The minimum Gasteiger partial charge on any atom is -0.493 e. The van der Waals surface area contributed by atoms with Gasteiger partial charge in [-0.1, -0.05) is 0 Å². The molecule has 1 rings (SSSR count). The number of amides is 2. The van der Waals surface area contributed by atoms with Crippen LogP contribution in [0, 0.1) is 0 Å². The van der Waals surface area contributed by atoms with Gasteiger partial charge in [0, 0.05) is 19.2 Å². The van der Waals surface area contributed by atoms with Gasteiger partial charge >= 0.3 is 6.03 Å². The normalized spacial score (nSPS) is 13.0. The van der Waals surface area contributed by atoms with Crippen molar-refractivity contribution in [3.8, 4) is 17.2 Å². The summed E-state index contributed by atoms with van der Waals surface area (Å²) in [4.78, 5) is 11.9. The highest BCUT2D eigenvalue weighted by Gasteiger charge is 2.21. The molecule has 0 fully saturated rings. The highest BCUT2D eigenvalue weighted by atomic mass is 16.5.